The summed E-state index contributed by atoms with van der Waals surface area (Å²) in [6, 6.07) is 10.2. The number of ether oxygens (including phenoxy) is 1. The smallest absolute Gasteiger partial charge is 0.330 e. The zero-order chi connectivity index (χ0) is 17.8. The Balaban J connectivity index is 1.83. The number of carbonyl (C=O) groups excluding carboxylic acids is 2. The number of nitrogens with zero attached hydrogens (tertiary/aromatic N) is 1. The molecular weight excluding hydrogens is 344 g/mol. The van der Waals surface area contributed by atoms with Crippen LogP contribution < -0.4 is 5.43 Å². The molecule has 25 heavy (non-hydrogen) atoms. The fourth-order valence-electron chi connectivity index (χ4n) is 2.41. The summed E-state index contributed by atoms with van der Waals surface area (Å²) >= 11 is 5.92. The molecule has 2 aromatic rings. The van der Waals surface area contributed by atoms with E-state index in [1.165, 1.54) is 11.3 Å². The quantitative estimate of drug-likeness (QED) is 0.657. The van der Waals surface area contributed by atoms with Gasteiger partial charge in [0.25, 0.3) is 5.91 Å². The maximum Gasteiger partial charge on any atom is 0.330 e. The van der Waals surface area contributed by atoms with Crippen molar-refractivity contribution in [3.05, 3.63) is 77.7 Å². The highest BCUT2D eigenvalue weighted by atomic mass is 35.5. The first kappa shape index (κ1) is 16.9. The Hall–Kier alpha value is -2.99. The summed E-state index contributed by atoms with van der Waals surface area (Å²) in [6.45, 7) is 2.89. The number of nitrogens with one attached hydrogen (secondary N) is 1. The van der Waals surface area contributed by atoms with Crippen LogP contribution in [0.1, 0.15) is 17.4 Å². The first-order chi connectivity index (χ1) is 12.1. The van der Waals surface area contributed by atoms with E-state index in [1.54, 1.807) is 24.3 Å². The lowest BCUT2D eigenvalue weighted by molar-refractivity contribution is -0.150. The predicted molar refractivity (Wildman–Crippen MR) is 92.0 cm³/mol. The van der Waals surface area contributed by atoms with Crippen LogP contribution >= 0.6 is 11.6 Å². The molecule has 0 saturated carbocycles. The second-order valence-electron chi connectivity index (χ2n) is 5.23. The summed E-state index contributed by atoms with van der Waals surface area (Å²) in [5.41, 5.74) is 4.62. The molecule has 0 radical (unpaired) electrons. The Morgan fingerprint density at radius 2 is 2.08 bits per heavy atom. The van der Waals surface area contributed by atoms with E-state index in [2.05, 4.69) is 12.0 Å². The number of rotatable bonds is 5. The monoisotopic (exact) mass is 358 g/mol. The number of carbonyl (C=O) groups is 2. The predicted octanol–water partition coefficient (Wildman–Crippen LogP) is 3.09. The van der Waals surface area contributed by atoms with Crippen LogP contribution in [0.25, 0.3) is 5.70 Å². The van der Waals surface area contributed by atoms with E-state index in [1.807, 2.05) is 18.2 Å². The zero-order valence-corrected chi connectivity index (χ0v) is 13.9. The van der Waals surface area contributed by atoms with E-state index in [4.69, 9.17) is 20.8 Å². The van der Waals surface area contributed by atoms with Crippen LogP contribution in [-0.4, -0.2) is 23.5 Å². The molecule has 1 aromatic heterocycles. The molecule has 3 rings (SSSR count). The van der Waals surface area contributed by atoms with Gasteiger partial charge in [0.2, 0.25) is 0 Å². The molecule has 6 nitrogen and oxygen atoms in total. The molecule has 7 heteroatoms. The minimum atomic E-state index is -0.659. The summed E-state index contributed by atoms with van der Waals surface area (Å²) < 4.78 is 10.3. The largest absolute Gasteiger partial charge is 0.467 e. The normalized spacial score (nSPS) is 16.1. The number of hydrogen-bond donors (Lipinski definition) is 1. The maximum absolute atomic E-state index is 12.5. The fourth-order valence-corrected chi connectivity index (χ4v) is 2.53. The molecule has 1 N–H and O–H groups in total. The minimum Gasteiger partial charge on any atom is -0.467 e. The van der Waals surface area contributed by atoms with Crippen LogP contribution in [0.15, 0.2) is 65.8 Å². The second kappa shape index (κ2) is 7.27. The van der Waals surface area contributed by atoms with Gasteiger partial charge in [0, 0.05) is 11.1 Å². The van der Waals surface area contributed by atoms with Crippen LogP contribution in [0.4, 0.5) is 0 Å². The molecule has 1 atom stereocenters. The number of esters is 1. The Morgan fingerprint density at radius 3 is 2.72 bits per heavy atom. The van der Waals surface area contributed by atoms with E-state index >= 15 is 0 Å². The molecule has 0 unspecified atom stereocenters. The highest BCUT2D eigenvalue weighted by Gasteiger charge is 2.32. The van der Waals surface area contributed by atoms with Crippen LogP contribution in [0, 0.1) is 0 Å². The van der Waals surface area contributed by atoms with E-state index in [0.717, 1.165) is 17.3 Å². The second-order valence-corrected chi connectivity index (χ2v) is 5.67. The summed E-state index contributed by atoms with van der Waals surface area (Å²) in [5, 5.41) is 1.98. The molecule has 1 amide bonds. The van der Waals surface area contributed by atoms with Crippen molar-refractivity contribution in [3.8, 4) is 0 Å². The first-order valence-corrected chi connectivity index (χ1v) is 7.85. The lowest BCUT2D eigenvalue weighted by Gasteiger charge is -2.23. The highest BCUT2D eigenvalue weighted by molar-refractivity contribution is 6.30. The SMILES string of the molecule is C=CC(=O)OCC(=O)N1NC(c2ccc(Cl)cc2)=C[C@H]1c1ccco1. The Kier molecular flexibility index (Phi) is 4.90. The van der Waals surface area contributed by atoms with Crippen molar-refractivity contribution in [1.82, 2.24) is 10.4 Å². The third kappa shape index (κ3) is 3.75. The molecule has 0 spiro atoms. The first-order valence-electron chi connectivity index (χ1n) is 7.47. The van der Waals surface area contributed by atoms with Crippen LogP contribution in [0.5, 0.6) is 0 Å². The topological polar surface area (TPSA) is 71.8 Å². The van der Waals surface area contributed by atoms with E-state index in [0.29, 0.717) is 10.8 Å². The summed E-state index contributed by atoms with van der Waals surface area (Å²) in [5.74, 6) is -0.496. The molecule has 128 valence electrons. The number of hydrazine groups is 1. The lowest BCUT2D eigenvalue weighted by Crippen LogP contribution is -2.41. The van der Waals surface area contributed by atoms with Crippen molar-refractivity contribution in [2.45, 2.75) is 6.04 Å². The van der Waals surface area contributed by atoms with Gasteiger partial charge in [-0.2, -0.15) is 0 Å². The van der Waals surface area contributed by atoms with Gasteiger partial charge in [-0.1, -0.05) is 30.3 Å². The molecular formula is C18H15ClN2O4. The molecule has 2 heterocycles. The fraction of sp³-hybridized carbons (Fsp3) is 0.111. The van der Waals surface area contributed by atoms with Gasteiger partial charge in [0.1, 0.15) is 11.8 Å². The summed E-state index contributed by atoms with van der Waals surface area (Å²) in [4.78, 5) is 23.6. The number of benzene rings is 1. The third-order valence-corrected chi connectivity index (χ3v) is 3.86. The molecule has 1 aromatic carbocycles. The minimum absolute atomic E-state index is 0.406. The van der Waals surface area contributed by atoms with Crippen LogP contribution in [0.3, 0.4) is 0 Å². The standard InChI is InChI=1S/C18H15ClN2O4/c1-2-18(23)25-11-17(22)21-15(16-4-3-9-24-16)10-14(20-21)12-5-7-13(19)8-6-12/h2-10,15,20H,1,11H2/t15-/m0/s1. The van der Waals surface area contributed by atoms with Crippen molar-refractivity contribution < 1.29 is 18.7 Å². The highest BCUT2D eigenvalue weighted by Crippen LogP contribution is 2.31. The molecule has 1 aliphatic heterocycles. The van der Waals surface area contributed by atoms with E-state index in [-0.39, 0.29) is 0 Å². The van der Waals surface area contributed by atoms with Gasteiger partial charge in [-0.05, 0) is 35.9 Å². The van der Waals surface area contributed by atoms with Gasteiger partial charge in [-0.25, -0.2) is 9.80 Å². The Morgan fingerprint density at radius 1 is 1.32 bits per heavy atom. The number of halogens is 1. The summed E-state index contributed by atoms with van der Waals surface area (Å²) in [6.07, 6.45) is 4.39. The Labute approximate surface area is 149 Å². The Bertz CT molecular complexity index is 812. The van der Waals surface area contributed by atoms with Crippen molar-refractivity contribution in [2.75, 3.05) is 6.61 Å². The zero-order valence-electron chi connectivity index (χ0n) is 13.1. The van der Waals surface area contributed by atoms with Crippen LogP contribution in [0.2, 0.25) is 5.02 Å². The van der Waals surface area contributed by atoms with Crippen molar-refractivity contribution >= 4 is 29.2 Å². The van der Waals surface area contributed by atoms with E-state index < -0.39 is 24.5 Å². The number of amides is 1. The molecule has 0 aliphatic carbocycles. The average Bonchev–Trinajstić information content (AvgIpc) is 3.29. The van der Waals surface area contributed by atoms with Gasteiger partial charge < -0.3 is 9.15 Å². The van der Waals surface area contributed by atoms with E-state index in [9.17, 15) is 9.59 Å². The molecule has 1 aliphatic rings. The number of hydrogen-bond acceptors (Lipinski definition) is 5. The lowest BCUT2D eigenvalue weighted by atomic mass is 10.1. The van der Waals surface area contributed by atoms with Gasteiger partial charge >= 0.3 is 5.97 Å². The van der Waals surface area contributed by atoms with Crippen molar-refractivity contribution in [2.24, 2.45) is 0 Å². The summed E-state index contributed by atoms with van der Waals surface area (Å²) in [7, 11) is 0. The molecule has 0 fully saturated rings. The van der Waals surface area contributed by atoms with Crippen LogP contribution in [-0.2, 0) is 14.3 Å². The number of furan rings is 1. The van der Waals surface area contributed by atoms with Crippen molar-refractivity contribution in [3.63, 3.8) is 0 Å². The third-order valence-electron chi connectivity index (χ3n) is 3.61. The van der Waals surface area contributed by atoms with Gasteiger partial charge in [-0.15, -0.1) is 0 Å². The molecule has 0 bridgehead atoms. The molecule has 0 saturated heterocycles. The average molecular weight is 359 g/mol. The van der Waals surface area contributed by atoms with Gasteiger partial charge in [0.15, 0.2) is 6.61 Å². The van der Waals surface area contributed by atoms with Gasteiger partial charge in [-0.3, -0.25) is 10.2 Å². The van der Waals surface area contributed by atoms with Crippen molar-refractivity contribution in [1.29, 1.82) is 0 Å². The maximum atomic E-state index is 12.5. The van der Waals surface area contributed by atoms with Gasteiger partial charge in [0.05, 0.1) is 12.0 Å².